The fraction of sp³-hybridized carbons (Fsp3) is 0.708. The predicted octanol–water partition coefficient (Wildman–Crippen LogP) is 3.40. The van der Waals surface area contributed by atoms with Crippen LogP contribution in [0.25, 0.3) is 0 Å². The van der Waals surface area contributed by atoms with Gasteiger partial charge in [-0.15, -0.1) is 0 Å². The van der Waals surface area contributed by atoms with Crippen molar-refractivity contribution in [2.45, 2.75) is 65.4 Å². The van der Waals surface area contributed by atoms with Crippen molar-refractivity contribution < 1.29 is 24.2 Å². The highest BCUT2D eigenvalue weighted by Gasteiger charge is 2.68. The summed E-state index contributed by atoms with van der Waals surface area (Å²) in [6.45, 7) is 7.19. The molecule has 0 bridgehead atoms. The molecule has 0 aromatic rings. The van der Waals surface area contributed by atoms with E-state index in [1.165, 1.54) is 12.5 Å². The molecule has 7 atom stereocenters. The smallest absolute Gasteiger partial charge is 0.303 e. The third kappa shape index (κ3) is 2.73. The fourth-order valence-corrected chi connectivity index (χ4v) is 7.41. The molecule has 5 heteroatoms. The molecule has 29 heavy (non-hydrogen) atoms. The molecule has 3 fully saturated rings. The first-order chi connectivity index (χ1) is 13.5. The molecule has 0 heterocycles. The Hall–Kier alpha value is -1.75. The first kappa shape index (κ1) is 20.5. The second kappa shape index (κ2) is 6.63. The van der Waals surface area contributed by atoms with E-state index in [9.17, 15) is 19.5 Å². The zero-order valence-corrected chi connectivity index (χ0v) is 17.9. The first-order valence-corrected chi connectivity index (χ1v) is 10.9. The van der Waals surface area contributed by atoms with Crippen LogP contribution in [0.3, 0.4) is 0 Å². The van der Waals surface area contributed by atoms with Crippen LogP contribution in [0.4, 0.5) is 0 Å². The summed E-state index contributed by atoms with van der Waals surface area (Å²) >= 11 is 0. The Morgan fingerprint density at radius 2 is 1.97 bits per heavy atom. The molecule has 4 aliphatic rings. The number of hydrogen-bond donors (Lipinski definition) is 1. The monoisotopic (exact) mass is 400 g/mol. The second-order valence-electron chi connectivity index (χ2n) is 10.2. The van der Waals surface area contributed by atoms with E-state index >= 15 is 0 Å². The summed E-state index contributed by atoms with van der Waals surface area (Å²) in [7, 11) is 0. The molecule has 0 aliphatic heterocycles. The molecule has 7 unspecified atom stereocenters. The van der Waals surface area contributed by atoms with Crippen LogP contribution in [0, 0.1) is 34.5 Å². The zero-order chi connectivity index (χ0) is 21.2. The number of carbonyl (C=O) groups excluding carboxylic acids is 3. The topological polar surface area (TPSA) is 80.7 Å². The van der Waals surface area contributed by atoms with Crippen LogP contribution in [0.15, 0.2) is 23.8 Å². The molecule has 0 saturated heterocycles. The average molecular weight is 401 g/mol. The highest BCUT2D eigenvalue weighted by molar-refractivity contribution is 6.01. The van der Waals surface area contributed by atoms with Gasteiger partial charge in [0.25, 0.3) is 0 Å². The Labute approximate surface area is 172 Å². The third-order valence-corrected chi connectivity index (χ3v) is 8.97. The first-order valence-electron chi connectivity index (χ1n) is 10.9. The van der Waals surface area contributed by atoms with Crippen molar-refractivity contribution in [1.29, 1.82) is 0 Å². The van der Waals surface area contributed by atoms with Crippen molar-refractivity contribution >= 4 is 17.5 Å². The number of esters is 1. The van der Waals surface area contributed by atoms with E-state index in [4.69, 9.17) is 4.74 Å². The van der Waals surface area contributed by atoms with Gasteiger partial charge in [0, 0.05) is 17.8 Å². The molecule has 5 nitrogen and oxygen atoms in total. The molecule has 0 radical (unpaired) electrons. The summed E-state index contributed by atoms with van der Waals surface area (Å²) in [6.07, 6.45) is 9.99. The molecule has 158 valence electrons. The van der Waals surface area contributed by atoms with Crippen LogP contribution in [0.1, 0.15) is 59.8 Å². The number of fused-ring (bicyclic) bond motifs is 5. The molecule has 0 amide bonds. The maximum Gasteiger partial charge on any atom is 0.303 e. The summed E-state index contributed by atoms with van der Waals surface area (Å²) in [5.74, 6) is 0.108. The minimum atomic E-state index is -1.46. The van der Waals surface area contributed by atoms with E-state index in [0.717, 1.165) is 32.1 Å². The Morgan fingerprint density at radius 3 is 2.66 bits per heavy atom. The van der Waals surface area contributed by atoms with Gasteiger partial charge in [-0.05, 0) is 67.9 Å². The van der Waals surface area contributed by atoms with Crippen LogP contribution in [-0.2, 0) is 19.1 Å². The van der Waals surface area contributed by atoms with Gasteiger partial charge in [0.05, 0.1) is 0 Å². The normalized spacial score (nSPS) is 45.7. The van der Waals surface area contributed by atoms with E-state index in [1.54, 1.807) is 6.08 Å². The van der Waals surface area contributed by atoms with Gasteiger partial charge in [-0.3, -0.25) is 14.4 Å². The molecule has 1 N–H and O–H groups in total. The lowest BCUT2D eigenvalue weighted by Gasteiger charge is -2.58. The number of ether oxygens (including phenoxy) is 1. The van der Waals surface area contributed by atoms with Gasteiger partial charge >= 0.3 is 5.97 Å². The Kier molecular flexibility index (Phi) is 4.69. The largest absolute Gasteiger partial charge is 0.458 e. The van der Waals surface area contributed by atoms with Crippen LogP contribution in [-0.4, -0.2) is 34.9 Å². The molecule has 0 aromatic carbocycles. The highest BCUT2D eigenvalue weighted by Crippen LogP contribution is 2.68. The lowest BCUT2D eigenvalue weighted by atomic mass is 9.47. The van der Waals surface area contributed by atoms with E-state index in [1.807, 2.05) is 13.0 Å². The van der Waals surface area contributed by atoms with Crippen LogP contribution in [0.2, 0.25) is 0 Å². The molecule has 4 rings (SSSR count). The fourth-order valence-electron chi connectivity index (χ4n) is 7.41. The van der Waals surface area contributed by atoms with Gasteiger partial charge in [-0.25, -0.2) is 0 Å². The summed E-state index contributed by atoms with van der Waals surface area (Å²) in [6, 6.07) is 0. The van der Waals surface area contributed by atoms with Crippen molar-refractivity contribution in [3.63, 3.8) is 0 Å². The minimum absolute atomic E-state index is 0.0801. The number of Topliss-reactive ketones (excluding diaryl/α,β-unsaturated/α-hetero) is 1. The number of ketones is 2. The third-order valence-electron chi connectivity index (χ3n) is 8.97. The van der Waals surface area contributed by atoms with Gasteiger partial charge in [0.1, 0.15) is 5.60 Å². The van der Waals surface area contributed by atoms with Gasteiger partial charge in [0.2, 0.25) is 5.78 Å². The van der Waals surface area contributed by atoms with Gasteiger partial charge in [0.15, 0.2) is 12.4 Å². The van der Waals surface area contributed by atoms with E-state index in [-0.39, 0.29) is 35.4 Å². The molecule has 3 saturated carbocycles. The zero-order valence-electron chi connectivity index (χ0n) is 17.9. The molecular formula is C24H32O5. The highest BCUT2D eigenvalue weighted by atomic mass is 16.5. The maximum atomic E-state index is 13.0. The Balaban J connectivity index is 1.65. The number of carbonyl (C=O) groups is 3. The van der Waals surface area contributed by atoms with Crippen molar-refractivity contribution in [2.75, 3.05) is 6.61 Å². The lowest BCUT2D eigenvalue weighted by molar-refractivity contribution is -0.173. The number of allylic oxidation sites excluding steroid dienone is 4. The van der Waals surface area contributed by atoms with Gasteiger partial charge in [-0.2, -0.15) is 0 Å². The SMILES string of the molecule is CC(=O)OCC(=O)C1(O)C(C)CC2C3CCC4=CC(=O)C=CC4(C)C3CCC21C. The van der Waals surface area contributed by atoms with Crippen molar-refractivity contribution in [3.8, 4) is 0 Å². The minimum Gasteiger partial charge on any atom is -0.458 e. The molecule has 0 aromatic heterocycles. The summed E-state index contributed by atoms with van der Waals surface area (Å²) in [5.41, 5.74) is -0.851. The number of aliphatic hydroxyl groups is 1. The quantitative estimate of drug-likeness (QED) is 0.735. The number of rotatable bonds is 3. The van der Waals surface area contributed by atoms with Crippen LogP contribution < -0.4 is 0 Å². The second-order valence-corrected chi connectivity index (χ2v) is 10.2. The summed E-state index contributed by atoms with van der Waals surface area (Å²) < 4.78 is 4.96. The van der Waals surface area contributed by atoms with Crippen molar-refractivity contribution in [2.24, 2.45) is 34.5 Å². The predicted molar refractivity (Wildman–Crippen MR) is 108 cm³/mol. The van der Waals surface area contributed by atoms with Gasteiger partial charge < -0.3 is 9.84 Å². The maximum absolute atomic E-state index is 13.0. The van der Waals surface area contributed by atoms with Crippen LogP contribution in [0.5, 0.6) is 0 Å². The molecule has 0 spiro atoms. The number of hydrogen-bond acceptors (Lipinski definition) is 5. The summed E-state index contributed by atoms with van der Waals surface area (Å²) in [4.78, 5) is 36.1. The van der Waals surface area contributed by atoms with E-state index < -0.39 is 17.0 Å². The molecular weight excluding hydrogens is 368 g/mol. The summed E-state index contributed by atoms with van der Waals surface area (Å²) in [5, 5.41) is 11.7. The Morgan fingerprint density at radius 1 is 1.24 bits per heavy atom. The van der Waals surface area contributed by atoms with E-state index in [2.05, 4.69) is 19.9 Å². The van der Waals surface area contributed by atoms with Gasteiger partial charge in [-0.1, -0.05) is 32.4 Å². The van der Waals surface area contributed by atoms with Crippen LogP contribution >= 0.6 is 0 Å². The van der Waals surface area contributed by atoms with Crippen molar-refractivity contribution in [3.05, 3.63) is 23.8 Å². The Bertz CT molecular complexity index is 825. The average Bonchev–Trinajstić information content (AvgIpc) is 2.88. The van der Waals surface area contributed by atoms with Crippen molar-refractivity contribution in [1.82, 2.24) is 0 Å². The van der Waals surface area contributed by atoms with E-state index in [0.29, 0.717) is 11.8 Å². The lowest BCUT2D eigenvalue weighted by Crippen LogP contribution is -2.59. The molecule has 4 aliphatic carbocycles. The standard InChI is InChI=1S/C24H32O5/c1-14-11-20-18-6-5-16-12-17(26)7-9-22(16,3)19(18)8-10-23(20,4)24(14,28)21(27)13-29-15(2)25/h7,9,12,14,18-20,28H,5-6,8,10-11,13H2,1-4H3.